The maximum absolute atomic E-state index is 12.1. The smallest absolute Gasteiger partial charge is 0.270 e. The van der Waals surface area contributed by atoms with E-state index in [0.29, 0.717) is 27.7 Å². The molecule has 0 radical (unpaired) electrons. The molecular weight excluding hydrogens is 380 g/mol. The van der Waals surface area contributed by atoms with Crippen LogP contribution in [0.25, 0.3) is 11.3 Å². The molecule has 1 aromatic heterocycles. The van der Waals surface area contributed by atoms with Crippen LogP contribution in [0, 0.1) is 10.1 Å². The van der Waals surface area contributed by atoms with Crippen LogP contribution in [0.4, 0.5) is 11.4 Å². The molecule has 8 nitrogen and oxygen atoms in total. The Morgan fingerprint density at radius 1 is 1.14 bits per heavy atom. The molecule has 0 aliphatic heterocycles. The van der Waals surface area contributed by atoms with Crippen LogP contribution in [0.3, 0.4) is 0 Å². The molecule has 3 rings (SSSR count). The van der Waals surface area contributed by atoms with Gasteiger partial charge in [0.25, 0.3) is 5.69 Å². The molecule has 1 N–H and O–H groups in total. The molecule has 0 aliphatic carbocycles. The van der Waals surface area contributed by atoms with E-state index in [1.54, 1.807) is 55.6 Å². The van der Waals surface area contributed by atoms with Gasteiger partial charge in [-0.3, -0.25) is 14.9 Å². The average Bonchev–Trinajstić information content (AvgIpc) is 2.73. The summed E-state index contributed by atoms with van der Waals surface area (Å²) in [7, 11) is 1.58. The Morgan fingerprint density at radius 2 is 1.93 bits per heavy atom. The van der Waals surface area contributed by atoms with Crippen molar-refractivity contribution >= 4 is 29.0 Å². The summed E-state index contributed by atoms with van der Waals surface area (Å²) in [4.78, 5) is 22.5. The van der Waals surface area contributed by atoms with Gasteiger partial charge in [-0.25, -0.2) is 0 Å². The monoisotopic (exact) mass is 396 g/mol. The van der Waals surface area contributed by atoms with Crippen molar-refractivity contribution < 1.29 is 14.5 Å². The Morgan fingerprint density at radius 3 is 2.57 bits per heavy atom. The molecule has 0 saturated heterocycles. The first-order valence-corrected chi connectivity index (χ1v) is 9.19. The number of nitro benzene ring substituents is 1. The molecule has 0 bridgehead atoms. The third kappa shape index (κ3) is 5.04. The number of thioether (sulfide) groups is 1. The Bertz CT molecular complexity index is 978. The number of nitro groups is 1. The zero-order valence-electron chi connectivity index (χ0n) is 14.9. The third-order valence-corrected chi connectivity index (χ3v) is 4.64. The standard InChI is InChI=1S/C19H16N4O4S/c1-27-16-7-5-14(6-8-16)20-18(24)12-28-19-10-9-17(21-22-19)13-3-2-4-15(11-13)23(25)26/h2-11H,12H2,1H3,(H,20,24). The quantitative estimate of drug-likeness (QED) is 0.368. The molecule has 142 valence electrons. The van der Waals surface area contributed by atoms with Crippen molar-refractivity contribution in [1.29, 1.82) is 0 Å². The van der Waals surface area contributed by atoms with Crippen LogP contribution in [-0.4, -0.2) is 33.9 Å². The summed E-state index contributed by atoms with van der Waals surface area (Å²) in [5.41, 5.74) is 1.80. The van der Waals surface area contributed by atoms with E-state index in [0.717, 1.165) is 0 Å². The van der Waals surface area contributed by atoms with E-state index in [4.69, 9.17) is 4.74 Å². The Labute approximate surface area is 165 Å². The largest absolute Gasteiger partial charge is 0.497 e. The van der Waals surface area contributed by atoms with E-state index >= 15 is 0 Å². The highest BCUT2D eigenvalue weighted by Crippen LogP contribution is 2.23. The number of amides is 1. The Hall–Kier alpha value is -3.46. The predicted octanol–water partition coefficient (Wildman–Crippen LogP) is 3.79. The molecule has 0 fully saturated rings. The summed E-state index contributed by atoms with van der Waals surface area (Å²) in [6.07, 6.45) is 0. The maximum Gasteiger partial charge on any atom is 0.270 e. The summed E-state index contributed by atoms with van der Waals surface area (Å²) in [5, 5.41) is 22.4. The van der Waals surface area contributed by atoms with Crippen LogP contribution < -0.4 is 10.1 Å². The number of rotatable bonds is 7. The summed E-state index contributed by atoms with van der Waals surface area (Å²) in [6, 6.07) is 16.7. The lowest BCUT2D eigenvalue weighted by molar-refractivity contribution is -0.384. The van der Waals surface area contributed by atoms with E-state index in [2.05, 4.69) is 15.5 Å². The second-order valence-electron chi connectivity index (χ2n) is 5.63. The molecule has 0 aliphatic rings. The minimum Gasteiger partial charge on any atom is -0.497 e. The molecule has 2 aromatic carbocycles. The number of hydrogen-bond donors (Lipinski definition) is 1. The van der Waals surface area contributed by atoms with Gasteiger partial charge in [-0.05, 0) is 36.4 Å². The fourth-order valence-electron chi connectivity index (χ4n) is 2.34. The molecule has 0 unspecified atom stereocenters. The number of anilines is 1. The summed E-state index contributed by atoms with van der Waals surface area (Å²) in [5.74, 6) is 0.725. The normalized spacial score (nSPS) is 10.3. The minimum atomic E-state index is -0.456. The highest BCUT2D eigenvalue weighted by atomic mass is 32.2. The number of benzene rings is 2. The van der Waals surface area contributed by atoms with Gasteiger partial charge in [0.15, 0.2) is 0 Å². The van der Waals surface area contributed by atoms with Crippen LogP contribution in [0.1, 0.15) is 0 Å². The summed E-state index contributed by atoms with van der Waals surface area (Å²) in [6.45, 7) is 0. The number of carbonyl (C=O) groups is 1. The van der Waals surface area contributed by atoms with Crippen molar-refractivity contribution in [1.82, 2.24) is 10.2 Å². The first kappa shape index (κ1) is 19.3. The number of non-ortho nitro benzene ring substituents is 1. The lowest BCUT2D eigenvalue weighted by atomic mass is 10.1. The van der Waals surface area contributed by atoms with Crippen LogP contribution in [0.15, 0.2) is 65.7 Å². The molecular formula is C19H16N4O4S. The molecule has 0 atom stereocenters. The average molecular weight is 396 g/mol. The first-order chi connectivity index (χ1) is 13.5. The number of methoxy groups -OCH3 is 1. The topological polar surface area (TPSA) is 107 Å². The van der Waals surface area contributed by atoms with Crippen molar-refractivity contribution in [2.45, 2.75) is 5.03 Å². The summed E-state index contributed by atoms with van der Waals surface area (Å²) < 4.78 is 5.07. The maximum atomic E-state index is 12.1. The van der Waals surface area contributed by atoms with Crippen molar-refractivity contribution in [2.75, 3.05) is 18.2 Å². The fourth-order valence-corrected chi connectivity index (χ4v) is 2.95. The van der Waals surface area contributed by atoms with Gasteiger partial charge in [0, 0.05) is 23.4 Å². The van der Waals surface area contributed by atoms with E-state index in [1.165, 1.54) is 23.9 Å². The van der Waals surface area contributed by atoms with Gasteiger partial charge < -0.3 is 10.1 Å². The molecule has 9 heteroatoms. The fraction of sp³-hybridized carbons (Fsp3) is 0.105. The number of aromatic nitrogens is 2. The lowest BCUT2D eigenvalue weighted by Crippen LogP contribution is -2.14. The van der Waals surface area contributed by atoms with E-state index in [9.17, 15) is 14.9 Å². The van der Waals surface area contributed by atoms with Gasteiger partial charge in [0.2, 0.25) is 5.91 Å². The van der Waals surface area contributed by atoms with E-state index < -0.39 is 4.92 Å². The van der Waals surface area contributed by atoms with Gasteiger partial charge >= 0.3 is 0 Å². The lowest BCUT2D eigenvalue weighted by Gasteiger charge is -2.06. The number of hydrogen-bond acceptors (Lipinski definition) is 7. The molecule has 28 heavy (non-hydrogen) atoms. The van der Waals surface area contributed by atoms with Gasteiger partial charge in [0.1, 0.15) is 10.8 Å². The van der Waals surface area contributed by atoms with Crippen LogP contribution >= 0.6 is 11.8 Å². The van der Waals surface area contributed by atoms with Crippen LogP contribution in [0.2, 0.25) is 0 Å². The number of nitrogens with one attached hydrogen (secondary N) is 1. The molecule has 1 amide bonds. The number of nitrogens with zero attached hydrogens (tertiary/aromatic N) is 3. The van der Waals surface area contributed by atoms with Crippen molar-refractivity contribution in [2.24, 2.45) is 0 Å². The van der Waals surface area contributed by atoms with E-state index in [1.807, 2.05) is 0 Å². The van der Waals surface area contributed by atoms with Crippen LogP contribution in [0.5, 0.6) is 5.75 Å². The molecule has 0 spiro atoms. The third-order valence-electron chi connectivity index (χ3n) is 3.72. The number of carbonyl (C=O) groups excluding carboxylic acids is 1. The summed E-state index contributed by atoms with van der Waals surface area (Å²) >= 11 is 1.25. The van der Waals surface area contributed by atoms with Crippen molar-refractivity contribution in [3.05, 3.63) is 70.8 Å². The highest BCUT2D eigenvalue weighted by molar-refractivity contribution is 7.99. The van der Waals surface area contributed by atoms with Crippen molar-refractivity contribution in [3.63, 3.8) is 0 Å². The predicted molar refractivity (Wildman–Crippen MR) is 106 cm³/mol. The Kier molecular flexibility index (Phi) is 6.18. The highest BCUT2D eigenvalue weighted by Gasteiger charge is 2.09. The van der Waals surface area contributed by atoms with Crippen LogP contribution in [-0.2, 0) is 4.79 Å². The van der Waals surface area contributed by atoms with Gasteiger partial charge in [-0.1, -0.05) is 23.9 Å². The zero-order chi connectivity index (χ0) is 19.9. The molecule has 0 saturated carbocycles. The second kappa shape index (κ2) is 8.96. The zero-order valence-corrected chi connectivity index (χ0v) is 15.7. The van der Waals surface area contributed by atoms with Gasteiger partial charge in [0.05, 0.1) is 23.5 Å². The minimum absolute atomic E-state index is 0.00652. The Balaban J connectivity index is 1.57. The second-order valence-corrected chi connectivity index (χ2v) is 6.63. The van der Waals surface area contributed by atoms with E-state index in [-0.39, 0.29) is 17.3 Å². The molecule has 3 aromatic rings. The van der Waals surface area contributed by atoms with Gasteiger partial charge in [-0.2, -0.15) is 0 Å². The van der Waals surface area contributed by atoms with Crippen molar-refractivity contribution in [3.8, 4) is 17.0 Å². The van der Waals surface area contributed by atoms with Gasteiger partial charge in [-0.15, -0.1) is 10.2 Å². The molecule has 1 heterocycles. The number of ether oxygens (including phenoxy) is 1. The first-order valence-electron chi connectivity index (χ1n) is 8.20. The SMILES string of the molecule is COc1ccc(NC(=O)CSc2ccc(-c3cccc([N+](=O)[O-])c3)nn2)cc1.